The number of rotatable bonds is 5. The Labute approximate surface area is 177 Å². The van der Waals surface area contributed by atoms with Gasteiger partial charge in [-0.2, -0.15) is 0 Å². The summed E-state index contributed by atoms with van der Waals surface area (Å²) >= 11 is 1.36. The molecule has 8 nitrogen and oxygen atoms in total. The van der Waals surface area contributed by atoms with Crippen LogP contribution in [-0.2, 0) is 21.2 Å². The Kier molecular flexibility index (Phi) is 5.46. The fourth-order valence-corrected chi connectivity index (χ4v) is 4.48. The molecule has 156 valence electrons. The van der Waals surface area contributed by atoms with Gasteiger partial charge < -0.3 is 9.47 Å². The van der Waals surface area contributed by atoms with Gasteiger partial charge >= 0.3 is 0 Å². The van der Waals surface area contributed by atoms with E-state index in [0.29, 0.717) is 23.1 Å². The molecule has 0 aliphatic carbocycles. The Morgan fingerprint density at radius 3 is 2.60 bits per heavy atom. The number of para-hydroxylation sites is 2. The lowest BCUT2D eigenvalue weighted by molar-refractivity contribution is -0.125. The Morgan fingerprint density at radius 2 is 1.90 bits per heavy atom. The van der Waals surface area contributed by atoms with Crippen LogP contribution in [0.5, 0.6) is 11.5 Å². The van der Waals surface area contributed by atoms with Crippen LogP contribution in [0.25, 0.3) is 0 Å². The lowest BCUT2D eigenvalue weighted by atomic mass is 10.1. The number of hydrogen-bond acceptors (Lipinski definition) is 7. The van der Waals surface area contributed by atoms with Gasteiger partial charge in [0.05, 0.1) is 10.6 Å². The van der Waals surface area contributed by atoms with Gasteiger partial charge in [0.15, 0.2) is 16.6 Å². The van der Waals surface area contributed by atoms with Crippen LogP contribution in [0.1, 0.15) is 16.1 Å². The number of carbonyl (C=O) groups is 1. The lowest BCUT2D eigenvalue weighted by Crippen LogP contribution is -2.40. The molecule has 4 rings (SSSR count). The van der Waals surface area contributed by atoms with Crippen molar-refractivity contribution in [3.05, 3.63) is 64.7 Å². The molecule has 3 aromatic rings. The van der Waals surface area contributed by atoms with Gasteiger partial charge in [-0.3, -0.25) is 10.1 Å². The highest BCUT2D eigenvalue weighted by Gasteiger charge is 2.28. The zero-order valence-corrected chi connectivity index (χ0v) is 17.6. The molecule has 1 aliphatic heterocycles. The third-order valence-corrected chi connectivity index (χ3v) is 6.54. The first kappa shape index (κ1) is 20.3. The summed E-state index contributed by atoms with van der Waals surface area (Å²) in [7, 11) is -3.72. The zero-order chi connectivity index (χ0) is 21.3. The molecule has 1 atom stereocenters. The van der Waals surface area contributed by atoms with E-state index in [-0.39, 0.29) is 17.4 Å². The number of amides is 1. The Hall–Kier alpha value is -2.95. The quantitative estimate of drug-likeness (QED) is 0.622. The van der Waals surface area contributed by atoms with Crippen molar-refractivity contribution in [3.63, 3.8) is 0 Å². The van der Waals surface area contributed by atoms with Crippen molar-refractivity contribution < 1.29 is 22.7 Å². The van der Waals surface area contributed by atoms with Crippen molar-refractivity contribution in [2.75, 3.05) is 11.9 Å². The third-order valence-electron chi connectivity index (χ3n) is 4.54. The topological polar surface area (TPSA) is 121 Å². The number of aryl methyl sites for hydroxylation is 1. The summed E-state index contributed by atoms with van der Waals surface area (Å²) in [6.07, 6.45) is -0.209. The second-order valence-corrected chi connectivity index (χ2v) is 9.39. The minimum atomic E-state index is -3.72. The van der Waals surface area contributed by atoms with Crippen LogP contribution in [0, 0.1) is 6.92 Å². The van der Waals surface area contributed by atoms with Crippen molar-refractivity contribution in [1.29, 1.82) is 0 Å². The Balaban J connectivity index is 1.42. The van der Waals surface area contributed by atoms with Crippen molar-refractivity contribution in [2.24, 2.45) is 5.14 Å². The van der Waals surface area contributed by atoms with Crippen LogP contribution in [0.15, 0.2) is 53.4 Å². The average molecular weight is 446 g/mol. The number of anilines is 1. The van der Waals surface area contributed by atoms with E-state index in [4.69, 9.17) is 14.6 Å². The van der Waals surface area contributed by atoms with Crippen molar-refractivity contribution in [3.8, 4) is 11.5 Å². The molecule has 0 fully saturated rings. The van der Waals surface area contributed by atoms with Crippen molar-refractivity contribution >= 4 is 32.4 Å². The molecule has 1 aromatic heterocycles. The summed E-state index contributed by atoms with van der Waals surface area (Å²) in [4.78, 5) is 18.0. The van der Waals surface area contributed by atoms with Gasteiger partial charge in [0.25, 0.3) is 5.91 Å². The molecule has 2 aromatic carbocycles. The van der Waals surface area contributed by atoms with Gasteiger partial charge in [-0.15, -0.1) is 11.3 Å². The van der Waals surface area contributed by atoms with Crippen LogP contribution < -0.4 is 19.9 Å². The van der Waals surface area contributed by atoms with Gasteiger partial charge in [0.1, 0.15) is 6.61 Å². The highest BCUT2D eigenvalue weighted by Crippen LogP contribution is 2.31. The predicted octanol–water partition coefficient (Wildman–Crippen LogP) is 2.47. The van der Waals surface area contributed by atoms with Gasteiger partial charge in [-0.25, -0.2) is 18.5 Å². The largest absolute Gasteiger partial charge is 0.485 e. The first-order valence-electron chi connectivity index (χ1n) is 9.07. The van der Waals surface area contributed by atoms with Gasteiger partial charge in [0, 0.05) is 11.3 Å². The number of thiazole rings is 1. The van der Waals surface area contributed by atoms with E-state index in [1.165, 1.54) is 23.5 Å². The number of nitrogens with two attached hydrogens (primary N) is 1. The average Bonchev–Trinajstić information content (AvgIpc) is 3.06. The van der Waals surface area contributed by atoms with E-state index in [0.717, 1.165) is 16.1 Å². The summed E-state index contributed by atoms with van der Waals surface area (Å²) in [6, 6.07) is 13.6. The van der Waals surface area contributed by atoms with E-state index >= 15 is 0 Å². The molecule has 0 spiro atoms. The maximum atomic E-state index is 12.6. The van der Waals surface area contributed by atoms with Gasteiger partial charge in [0.2, 0.25) is 16.1 Å². The maximum absolute atomic E-state index is 12.6. The van der Waals surface area contributed by atoms with E-state index in [1.54, 1.807) is 24.3 Å². The molecule has 0 saturated heterocycles. The number of fused-ring (bicyclic) bond motifs is 1. The fraction of sp³-hybridized carbons (Fsp3) is 0.200. The van der Waals surface area contributed by atoms with Crippen LogP contribution in [-0.4, -0.2) is 32.0 Å². The molecule has 1 unspecified atom stereocenters. The maximum Gasteiger partial charge on any atom is 0.270 e. The van der Waals surface area contributed by atoms with Crippen molar-refractivity contribution in [2.45, 2.75) is 24.3 Å². The molecule has 0 bridgehead atoms. The van der Waals surface area contributed by atoms with Gasteiger partial charge in [-0.1, -0.05) is 24.3 Å². The minimum Gasteiger partial charge on any atom is -0.485 e. The molecule has 0 saturated carbocycles. The SMILES string of the molecule is Cc1nc(NC(=O)C2COc3ccccc3O2)sc1Cc1ccc(S(N)(=O)=O)cc1. The fourth-order valence-electron chi connectivity index (χ4n) is 2.96. The third kappa shape index (κ3) is 4.45. The number of hydrogen-bond donors (Lipinski definition) is 2. The van der Waals surface area contributed by atoms with E-state index in [1.807, 2.05) is 19.1 Å². The molecule has 30 heavy (non-hydrogen) atoms. The molecule has 10 heteroatoms. The number of ether oxygens (including phenoxy) is 2. The number of benzene rings is 2. The monoisotopic (exact) mass is 445 g/mol. The molecule has 1 amide bonds. The molecule has 1 aliphatic rings. The number of nitrogens with one attached hydrogen (secondary N) is 1. The summed E-state index contributed by atoms with van der Waals surface area (Å²) in [5.41, 5.74) is 1.70. The van der Waals surface area contributed by atoms with Crippen LogP contribution in [0.4, 0.5) is 5.13 Å². The second-order valence-electron chi connectivity index (χ2n) is 6.75. The Bertz CT molecular complexity index is 1190. The van der Waals surface area contributed by atoms with Crippen LogP contribution in [0.2, 0.25) is 0 Å². The van der Waals surface area contributed by atoms with Gasteiger partial charge in [-0.05, 0) is 36.8 Å². The van der Waals surface area contributed by atoms with Crippen molar-refractivity contribution in [1.82, 2.24) is 4.98 Å². The highest BCUT2D eigenvalue weighted by atomic mass is 32.2. The molecular formula is C20H19N3O5S2. The molecule has 3 N–H and O–H groups in total. The number of carbonyl (C=O) groups excluding carboxylic acids is 1. The first-order chi connectivity index (χ1) is 14.3. The van der Waals surface area contributed by atoms with E-state index < -0.39 is 16.1 Å². The number of aromatic nitrogens is 1. The minimum absolute atomic E-state index is 0.0662. The van der Waals surface area contributed by atoms with Crippen LogP contribution in [0.3, 0.4) is 0 Å². The van der Waals surface area contributed by atoms with E-state index in [9.17, 15) is 13.2 Å². The summed E-state index contributed by atoms with van der Waals surface area (Å²) < 4.78 is 34.0. The molecule has 2 heterocycles. The molecule has 0 radical (unpaired) electrons. The normalized spacial score (nSPS) is 15.6. The smallest absolute Gasteiger partial charge is 0.270 e. The Morgan fingerprint density at radius 1 is 1.20 bits per heavy atom. The number of nitrogens with zero attached hydrogens (tertiary/aromatic N) is 1. The number of primary sulfonamides is 1. The van der Waals surface area contributed by atoms with Crippen LogP contribution >= 0.6 is 11.3 Å². The highest BCUT2D eigenvalue weighted by molar-refractivity contribution is 7.89. The molecular weight excluding hydrogens is 426 g/mol. The summed E-state index contributed by atoms with van der Waals surface area (Å²) in [6.45, 7) is 1.98. The standard InChI is InChI=1S/C20H19N3O5S2/c1-12-18(10-13-6-8-14(9-7-13)30(21,25)26)29-20(22-12)23-19(24)17-11-27-15-4-2-3-5-16(15)28-17/h2-9,17H,10-11H2,1H3,(H2,21,25,26)(H,22,23,24). The first-order valence-corrected chi connectivity index (χ1v) is 11.4. The number of sulfonamides is 1. The summed E-state index contributed by atoms with van der Waals surface area (Å²) in [5.74, 6) is 0.813. The zero-order valence-electron chi connectivity index (χ0n) is 16.0. The summed E-state index contributed by atoms with van der Waals surface area (Å²) in [5, 5.41) is 8.38. The predicted molar refractivity (Wildman–Crippen MR) is 112 cm³/mol. The lowest BCUT2D eigenvalue weighted by Gasteiger charge is -2.25. The second kappa shape index (κ2) is 8.05. The van der Waals surface area contributed by atoms with E-state index in [2.05, 4.69) is 10.3 Å².